The van der Waals surface area contributed by atoms with E-state index in [9.17, 15) is 4.79 Å². The summed E-state index contributed by atoms with van der Waals surface area (Å²) in [5.41, 5.74) is 6.33. The lowest BCUT2D eigenvalue weighted by Gasteiger charge is -2.36. The van der Waals surface area contributed by atoms with Crippen LogP contribution in [0.15, 0.2) is 83.0 Å². The minimum Gasteiger partial charge on any atom is -0.372 e. The summed E-state index contributed by atoms with van der Waals surface area (Å²) in [5.74, 6) is 1.16. The molecule has 2 aliphatic rings. The van der Waals surface area contributed by atoms with Crippen molar-refractivity contribution in [2.75, 3.05) is 26.2 Å². The zero-order chi connectivity index (χ0) is 22.8. The molecule has 4 nitrogen and oxygen atoms in total. The molecule has 0 radical (unpaired) electrons. The molecule has 2 rings (SSSR count). The molecule has 0 aromatic heterocycles. The van der Waals surface area contributed by atoms with Crippen LogP contribution in [0.25, 0.3) is 0 Å². The van der Waals surface area contributed by atoms with Gasteiger partial charge in [-0.15, -0.1) is 0 Å². The molecule has 0 spiro atoms. The fourth-order valence-corrected chi connectivity index (χ4v) is 4.09. The van der Waals surface area contributed by atoms with Gasteiger partial charge < -0.3 is 15.1 Å². The number of likely N-dealkylation sites (tertiary alicyclic amines) is 1. The van der Waals surface area contributed by atoms with Gasteiger partial charge in [0.15, 0.2) is 0 Å². The quantitative estimate of drug-likeness (QED) is 0.282. The minimum absolute atomic E-state index is 0.667. The smallest absolute Gasteiger partial charge is 0.145 e. The summed E-state index contributed by atoms with van der Waals surface area (Å²) < 4.78 is 0. The van der Waals surface area contributed by atoms with Crippen molar-refractivity contribution in [1.29, 1.82) is 0 Å². The van der Waals surface area contributed by atoms with Crippen LogP contribution in [0, 0.1) is 0 Å². The van der Waals surface area contributed by atoms with Gasteiger partial charge in [0.2, 0.25) is 0 Å². The third kappa shape index (κ3) is 6.61. The van der Waals surface area contributed by atoms with Gasteiger partial charge in [-0.25, -0.2) is 0 Å². The van der Waals surface area contributed by atoms with Gasteiger partial charge in [0.05, 0.1) is 0 Å². The zero-order valence-corrected chi connectivity index (χ0v) is 19.8. The molecule has 0 aliphatic carbocycles. The van der Waals surface area contributed by atoms with Crippen molar-refractivity contribution in [2.45, 2.75) is 53.4 Å². The molecule has 0 aromatic carbocycles. The number of hydrogen-bond acceptors (Lipinski definition) is 4. The topological polar surface area (TPSA) is 35.6 Å². The molecule has 2 heterocycles. The average Bonchev–Trinajstić information content (AvgIpc) is 2.81. The van der Waals surface area contributed by atoms with Crippen LogP contribution in [0.4, 0.5) is 0 Å². The molecule has 4 heteroatoms. The van der Waals surface area contributed by atoms with Crippen molar-refractivity contribution in [3.05, 3.63) is 83.0 Å². The van der Waals surface area contributed by atoms with E-state index in [0.29, 0.717) is 5.57 Å². The second-order valence-corrected chi connectivity index (χ2v) is 8.12. The molecular weight excluding hydrogens is 382 g/mol. The third-order valence-electron chi connectivity index (χ3n) is 5.85. The highest BCUT2D eigenvalue weighted by molar-refractivity contribution is 5.73. The van der Waals surface area contributed by atoms with Crippen LogP contribution in [0.1, 0.15) is 53.4 Å². The number of nitrogens with one attached hydrogen (secondary N) is 1. The summed E-state index contributed by atoms with van der Waals surface area (Å²) >= 11 is 0. The number of carbonyl (C=O) groups is 1. The molecule has 0 bridgehead atoms. The number of aldehydes is 1. The number of likely N-dealkylation sites (N-methyl/N-ethyl adjacent to an activating group) is 1. The third-order valence-corrected chi connectivity index (χ3v) is 5.85. The molecule has 2 aliphatic heterocycles. The second-order valence-electron chi connectivity index (χ2n) is 8.12. The fourth-order valence-electron chi connectivity index (χ4n) is 4.09. The molecule has 0 unspecified atom stereocenters. The first kappa shape index (κ1) is 24.5. The summed E-state index contributed by atoms with van der Waals surface area (Å²) in [7, 11) is 0. The number of piperidine rings is 1. The molecule has 168 valence electrons. The van der Waals surface area contributed by atoms with Gasteiger partial charge in [0.25, 0.3) is 0 Å². The Hall–Kier alpha value is -2.75. The van der Waals surface area contributed by atoms with Gasteiger partial charge in [-0.05, 0) is 87.0 Å². The summed E-state index contributed by atoms with van der Waals surface area (Å²) in [6.07, 6.45) is 15.9. The van der Waals surface area contributed by atoms with Gasteiger partial charge in [0, 0.05) is 37.6 Å². The van der Waals surface area contributed by atoms with E-state index in [0.717, 1.165) is 56.0 Å². The maximum absolute atomic E-state index is 10.9. The number of dihydropyridines is 1. The summed E-state index contributed by atoms with van der Waals surface area (Å²) in [4.78, 5) is 15.6. The monoisotopic (exact) mass is 421 g/mol. The van der Waals surface area contributed by atoms with Crippen molar-refractivity contribution in [3.63, 3.8) is 0 Å². The van der Waals surface area contributed by atoms with E-state index in [1.54, 1.807) is 13.0 Å². The van der Waals surface area contributed by atoms with Crippen LogP contribution in [0.3, 0.4) is 0 Å². The first-order valence-electron chi connectivity index (χ1n) is 11.5. The Kier molecular flexibility index (Phi) is 9.64. The van der Waals surface area contributed by atoms with E-state index in [2.05, 4.69) is 60.4 Å². The fraction of sp³-hybridized carbons (Fsp3) is 0.444. The van der Waals surface area contributed by atoms with Crippen LogP contribution in [0.2, 0.25) is 0 Å². The van der Waals surface area contributed by atoms with Crippen LogP contribution < -0.4 is 5.32 Å². The zero-order valence-electron chi connectivity index (χ0n) is 19.8. The van der Waals surface area contributed by atoms with Crippen LogP contribution >= 0.6 is 0 Å². The highest BCUT2D eigenvalue weighted by Gasteiger charge is 2.22. The van der Waals surface area contributed by atoms with E-state index in [1.807, 2.05) is 13.0 Å². The standard InChI is InChI=1S/C27H39N3O/c1-7-24-18-25(23(6)29-15-11-10-12-16-29)19-28-27(24)30(9-3)26(8-2)14-13-21(4)17-22(5)20-31/h8,13-14,17-18,20,28H,4,6-7,9-12,15-16,19H2,1-3,5H3/b14-13-,22-17+,26-8+. The maximum atomic E-state index is 10.9. The molecule has 1 N–H and O–H groups in total. The summed E-state index contributed by atoms with van der Waals surface area (Å²) in [6, 6.07) is 0. The number of allylic oxidation sites excluding steroid dienone is 8. The molecule has 0 saturated carbocycles. The van der Waals surface area contributed by atoms with E-state index in [-0.39, 0.29) is 0 Å². The van der Waals surface area contributed by atoms with Crippen LogP contribution in [-0.2, 0) is 4.79 Å². The number of carbonyl (C=O) groups excluding carboxylic acids is 1. The Morgan fingerprint density at radius 3 is 2.48 bits per heavy atom. The van der Waals surface area contributed by atoms with Gasteiger partial charge >= 0.3 is 0 Å². The maximum Gasteiger partial charge on any atom is 0.145 e. The first-order valence-corrected chi connectivity index (χ1v) is 11.5. The molecule has 1 fully saturated rings. The van der Waals surface area contributed by atoms with E-state index < -0.39 is 0 Å². The van der Waals surface area contributed by atoms with E-state index in [1.165, 1.54) is 36.1 Å². The normalized spacial score (nSPS) is 18.1. The number of nitrogens with zero attached hydrogens (tertiary/aromatic N) is 2. The van der Waals surface area contributed by atoms with Gasteiger partial charge in [-0.1, -0.05) is 32.2 Å². The lowest BCUT2D eigenvalue weighted by atomic mass is 10.0. The predicted molar refractivity (Wildman–Crippen MR) is 132 cm³/mol. The predicted octanol–water partition coefficient (Wildman–Crippen LogP) is 5.62. The van der Waals surface area contributed by atoms with Gasteiger partial charge in [0.1, 0.15) is 12.1 Å². The molecule has 0 atom stereocenters. The van der Waals surface area contributed by atoms with Crippen LogP contribution in [-0.4, -0.2) is 42.3 Å². The molecule has 0 amide bonds. The molecule has 0 aromatic rings. The minimum atomic E-state index is 0.667. The highest BCUT2D eigenvalue weighted by Crippen LogP contribution is 2.27. The lowest BCUT2D eigenvalue weighted by molar-refractivity contribution is -0.104. The molecule has 1 saturated heterocycles. The van der Waals surface area contributed by atoms with Gasteiger partial charge in [-0.3, -0.25) is 4.79 Å². The van der Waals surface area contributed by atoms with E-state index in [4.69, 9.17) is 0 Å². The van der Waals surface area contributed by atoms with Crippen molar-refractivity contribution in [3.8, 4) is 0 Å². The second kappa shape index (κ2) is 12.2. The summed E-state index contributed by atoms with van der Waals surface area (Å²) in [5, 5.41) is 3.68. The number of rotatable bonds is 10. The highest BCUT2D eigenvalue weighted by atomic mass is 16.1. The Morgan fingerprint density at radius 2 is 1.90 bits per heavy atom. The lowest BCUT2D eigenvalue weighted by Crippen LogP contribution is -2.37. The van der Waals surface area contributed by atoms with E-state index >= 15 is 0 Å². The SMILES string of the molecule is C=C(/C=C\C(=C/C)N(CC)C1=C(CC)C=C(C(=C)N2CCCCC2)CN1)/C=C(\C)C=O. The first-order chi connectivity index (χ1) is 14.9. The Bertz CT molecular complexity index is 833. The average molecular weight is 422 g/mol. The van der Waals surface area contributed by atoms with Gasteiger partial charge in [-0.2, -0.15) is 0 Å². The van der Waals surface area contributed by atoms with Crippen molar-refractivity contribution in [1.82, 2.24) is 15.1 Å². The summed E-state index contributed by atoms with van der Waals surface area (Å²) in [6.45, 7) is 20.5. The van der Waals surface area contributed by atoms with Crippen molar-refractivity contribution >= 4 is 6.29 Å². The van der Waals surface area contributed by atoms with Crippen molar-refractivity contribution in [2.24, 2.45) is 0 Å². The molecule has 31 heavy (non-hydrogen) atoms. The van der Waals surface area contributed by atoms with Crippen molar-refractivity contribution < 1.29 is 4.79 Å². The Labute approximate surface area is 189 Å². The van der Waals surface area contributed by atoms with Crippen LogP contribution in [0.5, 0.6) is 0 Å². The molecular formula is C27H39N3O. The Balaban J connectivity index is 2.26. The largest absolute Gasteiger partial charge is 0.372 e. The Morgan fingerprint density at radius 1 is 1.19 bits per heavy atom. The number of hydrogen-bond donors (Lipinski definition) is 1.